The minimum atomic E-state index is -2.30. The molecule has 0 bridgehead atoms. The minimum absolute atomic E-state index is 0.113. The summed E-state index contributed by atoms with van der Waals surface area (Å²) < 4.78 is 6.57. The first-order valence-electron chi connectivity index (χ1n) is 12.7. The van der Waals surface area contributed by atoms with E-state index in [-0.39, 0.29) is 33.5 Å². The first-order chi connectivity index (χ1) is 19.3. The lowest BCUT2D eigenvalue weighted by atomic mass is 9.60. The number of Topliss-reactive ketones (excluding diaryl/α,β-unsaturated/α-hetero) is 4. The first-order valence-corrected chi connectivity index (χ1v) is 12.7. The van der Waals surface area contributed by atoms with Crippen LogP contribution in [0.4, 0.5) is 5.69 Å². The molecule has 4 aromatic carbocycles. The largest absolute Gasteiger partial charge is 0.348 e. The monoisotopic (exact) mass is 529 g/mol. The van der Waals surface area contributed by atoms with Gasteiger partial charge in [0, 0.05) is 34.4 Å². The van der Waals surface area contributed by atoms with Crippen molar-refractivity contribution in [3.05, 3.63) is 147 Å². The zero-order chi connectivity index (χ0) is 27.8. The van der Waals surface area contributed by atoms with Crippen LogP contribution in [0.25, 0.3) is 0 Å². The number of benzene rings is 4. The van der Waals surface area contributed by atoms with Crippen LogP contribution in [0.15, 0.2) is 103 Å². The third-order valence-corrected chi connectivity index (χ3v) is 8.35. The van der Waals surface area contributed by atoms with Crippen molar-refractivity contribution < 1.29 is 28.8 Å². The molecule has 2 aliphatic carbocycles. The van der Waals surface area contributed by atoms with Gasteiger partial charge in [0.2, 0.25) is 17.2 Å². The molecule has 8 nitrogen and oxygen atoms in total. The third kappa shape index (κ3) is 2.78. The number of ether oxygens (including phenoxy) is 1. The fraction of sp³-hybridized carbons (Fsp3) is 0.125. The van der Waals surface area contributed by atoms with E-state index in [1.54, 1.807) is 54.6 Å². The highest BCUT2D eigenvalue weighted by Crippen LogP contribution is 2.68. The third-order valence-electron chi connectivity index (χ3n) is 8.35. The van der Waals surface area contributed by atoms with Gasteiger partial charge < -0.3 is 4.74 Å². The van der Waals surface area contributed by atoms with E-state index in [0.29, 0.717) is 5.56 Å². The Morgan fingerprint density at radius 2 is 1.07 bits per heavy atom. The normalized spacial score (nSPS) is 21.7. The van der Waals surface area contributed by atoms with E-state index in [1.165, 1.54) is 48.5 Å². The molecule has 0 saturated carbocycles. The molecule has 0 aromatic heterocycles. The lowest BCUT2D eigenvalue weighted by molar-refractivity contribution is -0.384. The van der Waals surface area contributed by atoms with Crippen molar-refractivity contribution in [2.75, 3.05) is 0 Å². The molecule has 8 heteroatoms. The van der Waals surface area contributed by atoms with Crippen molar-refractivity contribution in [2.24, 2.45) is 5.41 Å². The molecule has 0 unspecified atom stereocenters. The van der Waals surface area contributed by atoms with E-state index < -0.39 is 51.1 Å². The predicted molar refractivity (Wildman–Crippen MR) is 141 cm³/mol. The molecule has 0 radical (unpaired) electrons. The second kappa shape index (κ2) is 8.21. The molecule has 2 spiro atoms. The Bertz CT molecular complexity index is 1740. The first kappa shape index (κ1) is 24.0. The quantitative estimate of drug-likeness (QED) is 0.200. The summed E-state index contributed by atoms with van der Waals surface area (Å²) >= 11 is 0. The molecule has 1 heterocycles. The van der Waals surface area contributed by atoms with Crippen LogP contribution in [0.3, 0.4) is 0 Å². The van der Waals surface area contributed by atoms with E-state index in [4.69, 9.17) is 4.74 Å². The summed E-state index contributed by atoms with van der Waals surface area (Å²) in [5.41, 5.74) is -3.60. The molecule has 40 heavy (non-hydrogen) atoms. The highest BCUT2D eigenvalue weighted by molar-refractivity contribution is 6.37. The average Bonchev–Trinajstić information content (AvgIpc) is 3.52. The van der Waals surface area contributed by atoms with Crippen LogP contribution < -0.4 is 0 Å². The number of rotatable bonds is 3. The number of carbonyl (C=O) groups is 4. The van der Waals surface area contributed by atoms with Crippen LogP contribution >= 0.6 is 0 Å². The molecule has 7 rings (SSSR count). The van der Waals surface area contributed by atoms with Crippen LogP contribution in [0, 0.1) is 15.5 Å². The van der Waals surface area contributed by atoms with Crippen LogP contribution in [0.2, 0.25) is 0 Å². The molecule has 1 fully saturated rings. The number of non-ortho nitro benzene ring substituents is 1. The van der Waals surface area contributed by atoms with Crippen molar-refractivity contribution >= 4 is 28.8 Å². The number of carbonyl (C=O) groups excluding carboxylic acids is 4. The summed E-state index contributed by atoms with van der Waals surface area (Å²) in [6, 6.07) is 26.5. The molecule has 0 N–H and O–H groups in total. The maximum absolute atomic E-state index is 14.6. The lowest BCUT2D eigenvalue weighted by Gasteiger charge is -2.34. The zero-order valence-electron chi connectivity index (χ0n) is 20.8. The van der Waals surface area contributed by atoms with Gasteiger partial charge in [0.15, 0.2) is 11.6 Å². The molecule has 194 valence electrons. The van der Waals surface area contributed by atoms with E-state index in [1.807, 2.05) is 0 Å². The molecule has 3 aliphatic rings. The van der Waals surface area contributed by atoms with E-state index in [9.17, 15) is 29.3 Å². The van der Waals surface area contributed by atoms with Crippen LogP contribution in [-0.4, -0.2) is 33.7 Å². The van der Waals surface area contributed by atoms with Gasteiger partial charge in [-0.1, -0.05) is 91.0 Å². The Labute approximate surface area is 227 Å². The number of nitro groups is 1. The SMILES string of the molecule is O=C1c2ccccc2C(=O)C12O[C@@H](c1ccccc1)C1(C(=O)c3ccccc3C1=O)[C@H]2c1cccc([N+](=O)[O-])c1. The average molecular weight is 530 g/mol. The molecule has 1 aliphatic heterocycles. The molecule has 4 aromatic rings. The summed E-state index contributed by atoms with van der Waals surface area (Å²) in [6.07, 6.45) is -1.33. The molecular formula is C32H19NO7. The number of ketones is 4. The van der Waals surface area contributed by atoms with Gasteiger partial charge in [0.25, 0.3) is 5.69 Å². The smallest absolute Gasteiger partial charge is 0.269 e. The predicted octanol–water partition coefficient (Wildman–Crippen LogP) is 5.33. The fourth-order valence-electron chi connectivity index (χ4n) is 6.77. The van der Waals surface area contributed by atoms with Gasteiger partial charge in [0.1, 0.15) is 11.5 Å². The maximum atomic E-state index is 14.6. The maximum Gasteiger partial charge on any atom is 0.269 e. The number of fused-ring (bicyclic) bond motifs is 2. The fourth-order valence-corrected chi connectivity index (χ4v) is 6.77. The van der Waals surface area contributed by atoms with Crippen molar-refractivity contribution in [1.29, 1.82) is 0 Å². The van der Waals surface area contributed by atoms with Gasteiger partial charge in [-0.05, 0) is 11.1 Å². The van der Waals surface area contributed by atoms with Crippen molar-refractivity contribution in [3.8, 4) is 0 Å². The van der Waals surface area contributed by atoms with Crippen molar-refractivity contribution in [1.82, 2.24) is 0 Å². The summed E-state index contributed by atoms with van der Waals surface area (Å²) in [5.74, 6) is -4.03. The van der Waals surface area contributed by atoms with E-state index in [0.717, 1.165) is 0 Å². The molecule has 2 atom stereocenters. The van der Waals surface area contributed by atoms with Gasteiger partial charge in [-0.15, -0.1) is 0 Å². The Morgan fingerprint density at radius 3 is 1.60 bits per heavy atom. The summed E-state index contributed by atoms with van der Waals surface area (Å²) in [6.45, 7) is 0. The second-order valence-electron chi connectivity index (χ2n) is 10.2. The van der Waals surface area contributed by atoms with Gasteiger partial charge in [-0.2, -0.15) is 0 Å². The van der Waals surface area contributed by atoms with Gasteiger partial charge >= 0.3 is 0 Å². The Hall–Kier alpha value is -5.08. The summed E-state index contributed by atoms with van der Waals surface area (Å²) in [4.78, 5) is 69.0. The lowest BCUT2D eigenvalue weighted by Crippen LogP contribution is -2.51. The number of nitro benzene ring substituents is 1. The van der Waals surface area contributed by atoms with Gasteiger partial charge in [-0.25, -0.2) is 0 Å². The van der Waals surface area contributed by atoms with Gasteiger partial charge in [-0.3, -0.25) is 29.3 Å². The highest BCUT2D eigenvalue weighted by Gasteiger charge is 2.79. The van der Waals surface area contributed by atoms with Crippen molar-refractivity contribution in [3.63, 3.8) is 0 Å². The topological polar surface area (TPSA) is 121 Å². The Morgan fingerprint density at radius 1 is 0.600 bits per heavy atom. The van der Waals surface area contributed by atoms with Crippen LogP contribution in [0.5, 0.6) is 0 Å². The number of hydrogen-bond acceptors (Lipinski definition) is 7. The van der Waals surface area contributed by atoms with Crippen LogP contribution in [-0.2, 0) is 4.74 Å². The highest BCUT2D eigenvalue weighted by atomic mass is 16.6. The summed E-state index contributed by atoms with van der Waals surface area (Å²) in [5, 5.41) is 11.8. The number of nitrogens with zero attached hydrogens (tertiary/aromatic N) is 1. The molecule has 0 amide bonds. The zero-order valence-corrected chi connectivity index (χ0v) is 20.8. The standard InChI is InChI=1S/C32H19NO7/c34-26-21-13-4-5-14-22(21)27(35)31(26)25(19-11-8-12-20(17-19)33(38)39)32(40-30(31)18-9-2-1-3-10-18)28(36)23-15-6-7-16-24(23)29(32)37/h1-17,25,30H/t25-,30+/m1/s1. The van der Waals surface area contributed by atoms with E-state index >= 15 is 0 Å². The van der Waals surface area contributed by atoms with Gasteiger partial charge in [0.05, 0.1) is 10.8 Å². The van der Waals surface area contributed by atoms with E-state index in [2.05, 4.69) is 0 Å². The number of hydrogen-bond donors (Lipinski definition) is 0. The molecule has 1 saturated heterocycles. The minimum Gasteiger partial charge on any atom is -0.348 e. The Kier molecular flexibility index (Phi) is 4.92. The Balaban J connectivity index is 1.60. The molecular weight excluding hydrogens is 510 g/mol. The summed E-state index contributed by atoms with van der Waals surface area (Å²) in [7, 11) is 0. The van der Waals surface area contributed by atoms with Crippen LogP contribution in [0.1, 0.15) is 64.6 Å². The second-order valence-corrected chi connectivity index (χ2v) is 10.2. The van der Waals surface area contributed by atoms with Crippen molar-refractivity contribution in [2.45, 2.75) is 17.6 Å².